The van der Waals surface area contributed by atoms with Gasteiger partial charge in [-0.15, -0.1) is 0 Å². The molecule has 9 heteroatoms. The Morgan fingerprint density at radius 1 is 1.34 bits per heavy atom. The number of carboxylic acids is 1. The van der Waals surface area contributed by atoms with Crippen molar-refractivity contribution in [2.75, 3.05) is 6.54 Å². The monoisotopic (exact) mass is 402 g/mol. The van der Waals surface area contributed by atoms with E-state index in [1.54, 1.807) is 6.20 Å². The number of carbonyl (C=O) groups is 3. The van der Waals surface area contributed by atoms with Gasteiger partial charge in [0.1, 0.15) is 18.1 Å². The van der Waals surface area contributed by atoms with Crippen molar-refractivity contribution in [3.8, 4) is 0 Å². The van der Waals surface area contributed by atoms with Crippen LogP contribution in [0, 0.1) is 0 Å². The molecule has 9 nitrogen and oxygen atoms in total. The van der Waals surface area contributed by atoms with E-state index in [1.807, 2.05) is 24.3 Å². The molecular weight excluding hydrogens is 376 g/mol. The van der Waals surface area contributed by atoms with Crippen molar-refractivity contribution in [1.82, 2.24) is 15.2 Å². The standard InChI is InChI=1S/C20H26N4O5/c1-11(25)17(21)18(26)23-15(19(27)24-8-4-7-16(24)20(28)29)9-12-10-22-14-6-3-2-5-13(12)14/h2-3,5-6,10-11,15-17,22,25H,4,7-9,21H2,1H3,(H,23,26)(H,28,29)/t11-,15+,16-,17+/m1/s1. The van der Waals surface area contributed by atoms with Gasteiger partial charge in [0.25, 0.3) is 0 Å². The second-order valence-electron chi connectivity index (χ2n) is 7.42. The maximum absolute atomic E-state index is 13.2. The number of rotatable bonds is 7. The van der Waals surface area contributed by atoms with Gasteiger partial charge in [0, 0.05) is 30.1 Å². The van der Waals surface area contributed by atoms with Gasteiger partial charge in [-0.25, -0.2) is 4.79 Å². The Morgan fingerprint density at radius 3 is 2.76 bits per heavy atom. The number of fused-ring (bicyclic) bond motifs is 1. The van der Waals surface area contributed by atoms with Crippen molar-refractivity contribution in [2.45, 2.75) is 50.4 Å². The lowest BCUT2D eigenvalue weighted by Gasteiger charge is -2.28. The zero-order valence-electron chi connectivity index (χ0n) is 16.2. The molecule has 1 aromatic carbocycles. The lowest BCUT2D eigenvalue weighted by Crippen LogP contribution is -2.57. The molecule has 0 unspecified atom stereocenters. The summed E-state index contributed by atoms with van der Waals surface area (Å²) in [5.74, 6) is -2.19. The highest BCUT2D eigenvalue weighted by molar-refractivity contribution is 5.93. The second kappa shape index (κ2) is 8.62. The highest BCUT2D eigenvalue weighted by Gasteiger charge is 2.38. The van der Waals surface area contributed by atoms with Crippen molar-refractivity contribution in [3.63, 3.8) is 0 Å². The first-order chi connectivity index (χ1) is 13.8. The SMILES string of the molecule is C[C@@H](O)[C@H](N)C(=O)N[C@@H](Cc1c[nH]c2ccccc12)C(=O)N1CCC[C@@H]1C(=O)O. The van der Waals surface area contributed by atoms with Gasteiger partial charge in [0.05, 0.1) is 6.10 Å². The Bertz CT molecular complexity index is 909. The number of nitrogens with zero attached hydrogens (tertiary/aromatic N) is 1. The number of aliphatic hydroxyl groups excluding tert-OH is 1. The van der Waals surface area contributed by atoms with Crippen LogP contribution in [-0.2, 0) is 20.8 Å². The molecule has 1 saturated heterocycles. The molecule has 1 fully saturated rings. The fraction of sp³-hybridized carbons (Fsp3) is 0.450. The van der Waals surface area contributed by atoms with Crippen molar-refractivity contribution < 1.29 is 24.6 Å². The van der Waals surface area contributed by atoms with Crippen LogP contribution in [0.5, 0.6) is 0 Å². The van der Waals surface area contributed by atoms with Crippen LogP contribution in [0.2, 0.25) is 0 Å². The molecule has 0 aliphatic carbocycles. The quantitative estimate of drug-likeness (QED) is 0.439. The third-order valence-corrected chi connectivity index (χ3v) is 5.36. The highest BCUT2D eigenvalue weighted by Crippen LogP contribution is 2.22. The highest BCUT2D eigenvalue weighted by atomic mass is 16.4. The van der Waals surface area contributed by atoms with Crippen LogP contribution < -0.4 is 11.1 Å². The Labute approximate surface area is 167 Å². The molecule has 1 aliphatic heterocycles. The number of aliphatic carboxylic acids is 1. The number of nitrogens with two attached hydrogens (primary N) is 1. The first-order valence-electron chi connectivity index (χ1n) is 9.62. The molecule has 2 heterocycles. The summed E-state index contributed by atoms with van der Waals surface area (Å²) in [6, 6.07) is 4.47. The zero-order valence-corrected chi connectivity index (χ0v) is 16.2. The molecule has 29 heavy (non-hydrogen) atoms. The number of aliphatic hydroxyl groups is 1. The smallest absolute Gasteiger partial charge is 0.326 e. The van der Waals surface area contributed by atoms with Gasteiger partial charge in [0.15, 0.2) is 0 Å². The molecule has 0 bridgehead atoms. The number of likely N-dealkylation sites (tertiary alicyclic amines) is 1. The number of aromatic amines is 1. The number of carbonyl (C=O) groups excluding carboxylic acids is 2. The molecule has 0 spiro atoms. The summed E-state index contributed by atoms with van der Waals surface area (Å²) >= 11 is 0. The number of amides is 2. The first-order valence-corrected chi connectivity index (χ1v) is 9.62. The van der Waals surface area contributed by atoms with Crippen molar-refractivity contribution >= 4 is 28.7 Å². The van der Waals surface area contributed by atoms with E-state index in [4.69, 9.17) is 5.73 Å². The number of para-hydroxylation sites is 1. The minimum absolute atomic E-state index is 0.171. The van der Waals surface area contributed by atoms with Gasteiger partial charge in [-0.05, 0) is 31.4 Å². The molecule has 4 atom stereocenters. The van der Waals surface area contributed by atoms with Gasteiger partial charge < -0.3 is 31.1 Å². The van der Waals surface area contributed by atoms with E-state index in [2.05, 4.69) is 10.3 Å². The van der Waals surface area contributed by atoms with E-state index in [-0.39, 0.29) is 6.42 Å². The van der Waals surface area contributed by atoms with Crippen LogP contribution in [0.4, 0.5) is 0 Å². The summed E-state index contributed by atoms with van der Waals surface area (Å²) in [5.41, 5.74) is 7.42. The number of H-pyrrole nitrogens is 1. The van der Waals surface area contributed by atoms with Crippen molar-refractivity contribution in [1.29, 1.82) is 0 Å². The summed E-state index contributed by atoms with van der Waals surface area (Å²) in [7, 11) is 0. The summed E-state index contributed by atoms with van der Waals surface area (Å²) in [4.78, 5) is 41.6. The second-order valence-corrected chi connectivity index (χ2v) is 7.42. The Morgan fingerprint density at radius 2 is 2.07 bits per heavy atom. The average Bonchev–Trinajstić information content (AvgIpc) is 3.33. The number of nitrogens with one attached hydrogen (secondary N) is 2. The lowest BCUT2D eigenvalue weighted by molar-refractivity contribution is -0.149. The zero-order chi connectivity index (χ0) is 21.1. The molecule has 6 N–H and O–H groups in total. The molecule has 156 valence electrons. The summed E-state index contributed by atoms with van der Waals surface area (Å²) in [6.45, 7) is 1.71. The third-order valence-electron chi connectivity index (χ3n) is 5.36. The van der Waals surface area contributed by atoms with E-state index in [0.717, 1.165) is 16.5 Å². The molecule has 0 saturated carbocycles. The number of hydrogen-bond donors (Lipinski definition) is 5. The molecule has 0 radical (unpaired) electrons. The minimum atomic E-state index is -1.19. The Hall–Kier alpha value is -2.91. The maximum Gasteiger partial charge on any atom is 0.326 e. The largest absolute Gasteiger partial charge is 0.480 e. The topological polar surface area (TPSA) is 149 Å². The number of carboxylic acid groups (broad SMARTS) is 1. The van der Waals surface area contributed by atoms with Gasteiger partial charge in [-0.1, -0.05) is 18.2 Å². The molecule has 2 aromatic rings. The van der Waals surface area contributed by atoms with E-state index in [1.165, 1.54) is 11.8 Å². The lowest BCUT2D eigenvalue weighted by atomic mass is 10.0. The van der Waals surface area contributed by atoms with Gasteiger partial charge in [-0.3, -0.25) is 9.59 Å². The van der Waals surface area contributed by atoms with E-state index < -0.39 is 42.0 Å². The van der Waals surface area contributed by atoms with Crippen LogP contribution in [0.15, 0.2) is 30.5 Å². The minimum Gasteiger partial charge on any atom is -0.480 e. The summed E-state index contributed by atoms with van der Waals surface area (Å²) in [5, 5.41) is 22.5. The molecule has 1 aliphatic rings. The fourth-order valence-corrected chi connectivity index (χ4v) is 3.69. The van der Waals surface area contributed by atoms with Crippen LogP contribution in [0.25, 0.3) is 10.9 Å². The van der Waals surface area contributed by atoms with Gasteiger partial charge in [-0.2, -0.15) is 0 Å². The average molecular weight is 402 g/mol. The first kappa shape index (κ1) is 20.8. The van der Waals surface area contributed by atoms with Gasteiger partial charge in [0.2, 0.25) is 11.8 Å². The molecule has 3 rings (SSSR count). The van der Waals surface area contributed by atoms with E-state index in [0.29, 0.717) is 19.4 Å². The van der Waals surface area contributed by atoms with Crippen LogP contribution in [0.1, 0.15) is 25.3 Å². The van der Waals surface area contributed by atoms with E-state index in [9.17, 15) is 24.6 Å². The summed E-state index contributed by atoms with van der Waals surface area (Å²) < 4.78 is 0. The van der Waals surface area contributed by atoms with E-state index >= 15 is 0 Å². The predicted molar refractivity (Wildman–Crippen MR) is 106 cm³/mol. The van der Waals surface area contributed by atoms with Crippen molar-refractivity contribution in [3.05, 3.63) is 36.0 Å². The van der Waals surface area contributed by atoms with Crippen LogP contribution in [0.3, 0.4) is 0 Å². The van der Waals surface area contributed by atoms with Crippen LogP contribution in [-0.4, -0.2) is 68.7 Å². The maximum atomic E-state index is 13.2. The molecular formula is C20H26N4O5. The molecule has 2 amide bonds. The van der Waals surface area contributed by atoms with Crippen LogP contribution >= 0.6 is 0 Å². The third kappa shape index (κ3) is 4.41. The number of aromatic nitrogens is 1. The summed E-state index contributed by atoms with van der Waals surface area (Å²) in [6.07, 6.45) is 1.82. The van der Waals surface area contributed by atoms with Crippen molar-refractivity contribution in [2.24, 2.45) is 5.73 Å². The predicted octanol–water partition coefficient (Wildman–Crippen LogP) is -0.0211. The number of hydrogen-bond acceptors (Lipinski definition) is 5. The molecule has 1 aromatic heterocycles. The fourth-order valence-electron chi connectivity index (χ4n) is 3.69. The normalized spacial score (nSPS) is 19.7. The Kier molecular flexibility index (Phi) is 6.19. The number of benzene rings is 1. The van der Waals surface area contributed by atoms with Gasteiger partial charge >= 0.3 is 5.97 Å². The Balaban J connectivity index is 1.87.